The number of hydrogen-bond donors (Lipinski definition) is 2. The van der Waals surface area contributed by atoms with Crippen LogP contribution in [-0.4, -0.2) is 22.8 Å². The molecule has 1 saturated carbocycles. The van der Waals surface area contributed by atoms with Crippen molar-refractivity contribution in [1.29, 1.82) is 0 Å². The third kappa shape index (κ3) is 3.75. The molecule has 2 rings (SSSR count). The lowest BCUT2D eigenvalue weighted by atomic mass is 10.1. The van der Waals surface area contributed by atoms with Gasteiger partial charge >= 0.3 is 0 Å². The second-order valence-corrected chi connectivity index (χ2v) is 5.41. The van der Waals surface area contributed by atoms with Gasteiger partial charge in [-0.25, -0.2) is 0 Å². The number of nitrogens with one attached hydrogen (secondary N) is 1. The van der Waals surface area contributed by atoms with Crippen molar-refractivity contribution in [3.05, 3.63) is 29.3 Å². The van der Waals surface area contributed by atoms with Crippen molar-refractivity contribution >= 4 is 17.7 Å². The number of rotatable bonds is 5. The first-order valence-corrected chi connectivity index (χ1v) is 6.80. The molecular weight excluding hydrogens is 234 g/mol. The lowest BCUT2D eigenvalue weighted by Crippen LogP contribution is -2.26. The minimum Gasteiger partial charge on any atom is -0.392 e. The van der Waals surface area contributed by atoms with Crippen molar-refractivity contribution < 1.29 is 9.90 Å². The van der Waals surface area contributed by atoms with Crippen LogP contribution in [0.5, 0.6) is 0 Å². The van der Waals surface area contributed by atoms with E-state index in [0.29, 0.717) is 11.8 Å². The fourth-order valence-corrected chi connectivity index (χ4v) is 2.43. The number of aliphatic hydroxyl groups excluding tert-OH is 1. The molecule has 1 amide bonds. The monoisotopic (exact) mass is 251 g/mol. The van der Waals surface area contributed by atoms with E-state index in [4.69, 9.17) is 5.11 Å². The van der Waals surface area contributed by atoms with Crippen LogP contribution in [0.3, 0.4) is 0 Å². The predicted molar refractivity (Wildman–Crippen MR) is 69.0 cm³/mol. The Morgan fingerprint density at radius 1 is 1.53 bits per heavy atom. The number of amides is 1. The first-order chi connectivity index (χ1) is 8.19. The van der Waals surface area contributed by atoms with Crippen LogP contribution in [0.25, 0.3) is 0 Å². The second-order valence-electron chi connectivity index (χ2n) is 4.39. The van der Waals surface area contributed by atoms with Crippen molar-refractivity contribution in [3.8, 4) is 0 Å². The quantitative estimate of drug-likeness (QED) is 0.785. The number of carbonyl (C=O) groups excluding carboxylic acids is 1. The third-order valence-corrected chi connectivity index (χ3v) is 3.90. The molecule has 0 radical (unpaired) electrons. The van der Waals surface area contributed by atoms with Crippen molar-refractivity contribution in [2.75, 3.05) is 5.75 Å². The molecule has 4 heteroatoms. The number of aryl methyl sites for hydroxylation is 1. The Morgan fingerprint density at radius 3 is 2.88 bits per heavy atom. The topological polar surface area (TPSA) is 49.3 Å². The van der Waals surface area contributed by atoms with Gasteiger partial charge in [0.1, 0.15) is 0 Å². The summed E-state index contributed by atoms with van der Waals surface area (Å²) < 4.78 is 0. The zero-order valence-corrected chi connectivity index (χ0v) is 10.7. The molecule has 1 aliphatic rings. The lowest BCUT2D eigenvalue weighted by Gasteiger charge is -2.07. The molecule has 3 nitrogen and oxygen atoms in total. The number of thioether (sulfide) groups is 1. The summed E-state index contributed by atoms with van der Waals surface area (Å²) in [5.74, 6) is 0.582. The normalized spacial score (nSPS) is 14.7. The van der Waals surface area contributed by atoms with Gasteiger partial charge < -0.3 is 10.4 Å². The Kier molecular flexibility index (Phi) is 4.07. The molecule has 1 aromatic carbocycles. The Labute approximate surface area is 106 Å². The third-order valence-electron chi connectivity index (χ3n) is 2.72. The molecule has 0 bridgehead atoms. The maximum absolute atomic E-state index is 11.5. The summed E-state index contributed by atoms with van der Waals surface area (Å²) in [4.78, 5) is 12.6. The minimum absolute atomic E-state index is 0.0634. The Bertz CT molecular complexity index is 416. The zero-order chi connectivity index (χ0) is 12.3. The van der Waals surface area contributed by atoms with E-state index >= 15 is 0 Å². The standard InChI is InChI=1S/C13H17NO2S/c1-9-6-10(7-15)2-5-12(9)17-8-13(16)14-11-3-4-11/h2,5-6,11,15H,3-4,7-8H2,1H3,(H,14,16). The van der Waals surface area contributed by atoms with Crippen molar-refractivity contribution in [2.45, 2.75) is 37.3 Å². The van der Waals surface area contributed by atoms with Crippen LogP contribution >= 0.6 is 11.8 Å². The highest BCUT2D eigenvalue weighted by molar-refractivity contribution is 8.00. The maximum atomic E-state index is 11.5. The molecular formula is C13H17NO2S. The summed E-state index contributed by atoms with van der Waals surface area (Å²) in [5, 5.41) is 12.0. The number of benzene rings is 1. The summed E-state index contributed by atoms with van der Waals surface area (Å²) in [6.07, 6.45) is 2.25. The summed E-state index contributed by atoms with van der Waals surface area (Å²) in [6, 6.07) is 6.26. The highest BCUT2D eigenvalue weighted by Gasteiger charge is 2.22. The van der Waals surface area contributed by atoms with Gasteiger partial charge in [-0.2, -0.15) is 0 Å². The van der Waals surface area contributed by atoms with E-state index < -0.39 is 0 Å². The Balaban J connectivity index is 1.87. The fraction of sp³-hybridized carbons (Fsp3) is 0.462. The molecule has 1 fully saturated rings. The van der Waals surface area contributed by atoms with Gasteiger partial charge in [-0.3, -0.25) is 4.79 Å². The Hall–Kier alpha value is -1.00. The van der Waals surface area contributed by atoms with Crippen molar-refractivity contribution in [3.63, 3.8) is 0 Å². The SMILES string of the molecule is Cc1cc(CO)ccc1SCC(=O)NC1CC1. The summed E-state index contributed by atoms with van der Waals surface area (Å²) in [7, 11) is 0. The van der Waals surface area contributed by atoms with E-state index in [0.717, 1.165) is 28.9 Å². The van der Waals surface area contributed by atoms with Crippen molar-refractivity contribution in [1.82, 2.24) is 5.32 Å². The molecule has 0 saturated heterocycles. The molecule has 0 unspecified atom stereocenters. The van der Waals surface area contributed by atoms with Crippen LogP contribution < -0.4 is 5.32 Å². The summed E-state index contributed by atoms with van der Waals surface area (Å²) >= 11 is 1.55. The number of aliphatic hydroxyl groups is 1. The van der Waals surface area contributed by atoms with E-state index in [1.807, 2.05) is 25.1 Å². The van der Waals surface area contributed by atoms with Crippen molar-refractivity contribution in [2.24, 2.45) is 0 Å². The Morgan fingerprint density at radius 2 is 2.29 bits per heavy atom. The van der Waals surface area contributed by atoms with Crippen LogP contribution in [-0.2, 0) is 11.4 Å². The molecule has 17 heavy (non-hydrogen) atoms. The average molecular weight is 251 g/mol. The van der Waals surface area contributed by atoms with Gasteiger partial charge in [-0.1, -0.05) is 12.1 Å². The van der Waals surface area contributed by atoms with Gasteiger partial charge in [0.15, 0.2) is 0 Å². The van der Waals surface area contributed by atoms with Crippen LogP contribution in [0.1, 0.15) is 24.0 Å². The van der Waals surface area contributed by atoms with Gasteiger partial charge in [0.05, 0.1) is 12.4 Å². The van der Waals surface area contributed by atoms with E-state index in [-0.39, 0.29) is 12.5 Å². The molecule has 0 aromatic heterocycles. The van der Waals surface area contributed by atoms with Gasteiger partial charge in [0.25, 0.3) is 0 Å². The van der Waals surface area contributed by atoms with E-state index in [1.165, 1.54) is 0 Å². The molecule has 1 aliphatic carbocycles. The van der Waals surface area contributed by atoms with Gasteiger partial charge in [0.2, 0.25) is 5.91 Å². The molecule has 0 spiro atoms. The minimum atomic E-state index is 0.0634. The second kappa shape index (κ2) is 5.56. The van der Waals surface area contributed by atoms with Crippen LogP contribution in [0.2, 0.25) is 0 Å². The average Bonchev–Trinajstić information content (AvgIpc) is 3.11. The molecule has 0 atom stereocenters. The predicted octanol–water partition coefficient (Wildman–Crippen LogP) is 1.86. The molecule has 1 aromatic rings. The lowest BCUT2D eigenvalue weighted by molar-refractivity contribution is -0.118. The molecule has 0 aliphatic heterocycles. The summed E-state index contributed by atoms with van der Waals surface area (Å²) in [5.41, 5.74) is 2.02. The highest BCUT2D eigenvalue weighted by Crippen LogP contribution is 2.24. The van der Waals surface area contributed by atoms with Crippen LogP contribution in [0.4, 0.5) is 0 Å². The van der Waals surface area contributed by atoms with Crippen LogP contribution in [0.15, 0.2) is 23.1 Å². The van der Waals surface area contributed by atoms with Gasteiger partial charge in [-0.05, 0) is 37.0 Å². The van der Waals surface area contributed by atoms with E-state index in [9.17, 15) is 4.79 Å². The highest BCUT2D eigenvalue weighted by atomic mass is 32.2. The maximum Gasteiger partial charge on any atom is 0.230 e. The fourth-order valence-electron chi connectivity index (χ4n) is 1.61. The van der Waals surface area contributed by atoms with Gasteiger partial charge in [-0.15, -0.1) is 11.8 Å². The molecule has 2 N–H and O–H groups in total. The largest absolute Gasteiger partial charge is 0.392 e. The number of carbonyl (C=O) groups is 1. The summed E-state index contributed by atoms with van der Waals surface area (Å²) in [6.45, 7) is 2.06. The smallest absolute Gasteiger partial charge is 0.230 e. The van der Waals surface area contributed by atoms with E-state index in [2.05, 4.69) is 5.32 Å². The van der Waals surface area contributed by atoms with E-state index in [1.54, 1.807) is 11.8 Å². The van der Waals surface area contributed by atoms with Crippen LogP contribution in [0, 0.1) is 6.92 Å². The molecule has 0 heterocycles. The first kappa shape index (κ1) is 12.5. The zero-order valence-electron chi connectivity index (χ0n) is 9.90. The van der Waals surface area contributed by atoms with Gasteiger partial charge in [0, 0.05) is 10.9 Å². The first-order valence-electron chi connectivity index (χ1n) is 5.81. The number of hydrogen-bond acceptors (Lipinski definition) is 3. The molecule has 92 valence electrons.